The Kier molecular flexibility index (Phi) is 3.32. The van der Waals surface area contributed by atoms with Crippen LogP contribution < -0.4 is 4.31 Å². The van der Waals surface area contributed by atoms with Gasteiger partial charge in [-0.15, -0.1) is 0 Å². The van der Waals surface area contributed by atoms with E-state index in [0.29, 0.717) is 25.1 Å². The van der Waals surface area contributed by atoms with Gasteiger partial charge in [0.25, 0.3) is 15.7 Å². The maximum atomic E-state index is 12.8. The molecule has 22 heavy (non-hydrogen) atoms. The molecule has 0 aliphatic carbocycles. The number of anilines is 1. The van der Waals surface area contributed by atoms with E-state index in [1.54, 1.807) is 0 Å². The van der Waals surface area contributed by atoms with E-state index in [-0.39, 0.29) is 16.5 Å². The van der Waals surface area contributed by atoms with Crippen LogP contribution >= 0.6 is 0 Å². The average Bonchev–Trinajstić information content (AvgIpc) is 2.94. The number of non-ortho nitro benzene ring substituents is 1. The first kappa shape index (κ1) is 14.4. The number of hydrogen-bond donors (Lipinski definition) is 0. The number of sulfonamides is 1. The number of hydrogen-bond acceptors (Lipinski definition) is 6. The van der Waals surface area contributed by atoms with Crippen molar-refractivity contribution in [3.05, 3.63) is 40.2 Å². The Hall–Kier alpha value is -2.49. The summed E-state index contributed by atoms with van der Waals surface area (Å²) in [7, 11) is -3.83. The van der Waals surface area contributed by atoms with Gasteiger partial charge in [-0.05, 0) is 25.0 Å². The van der Waals surface area contributed by atoms with Crippen LogP contribution in [0.15, 0.2) is 29.4 Å². The fourth-order valence-electron chi connectivity index (χ4n) is 2.46. The molecule has 0 saturated carbocycles. The molecule has 0 saturated heterocycles. The molecule has 0 spiro atoms. The Morgan fingerprint density at radius 1 is 1.32 bits per heavy atom. The molecule has 0 radical (unpaired) electrons. The molecular formula is C12H13N5O4S. The number of aryl methyl sites for hydroxylation is 2. The molecule has 9 nitrogen and oxygen atoms in total. The van der Waals surface area contributed by atoms with Crippen LogP contribution in [-0.2, 0) is 16.6 Å². The molecule has 0 unspecified atom stereocenters. The molecule has 1 aliphatic heterocycles. The zero-order valence-corrected chi connectivity index (χ0v) is 12.5. The van der Waals surface area contributed by atoms with Gasteiger partial charge in [-0.2, -0.15) is 10.1 Å². The molecule has 116 valence electrons. The number of nitrogens with zero attached hydrogens (tertiary/aromatic N) is 5. The van der Waals surface area contributed by atoms with Gasteiger partial charge in [0.05, 0.1) is 9.82 Å². The molecule has 1 aromatic heterocycles. The SMILES string of the molecule is Cc1cc([N+](=O)[O-])ccc1S(=O)(=O)N1CCCn2ncnc21. The van der Waals surface area contributed by atoms with Crippen molar-refractivity contribution in [2.24, 2.45) is 0 Å². The predicted octanol–water partition coefficient (Wildman–Crippen LogP) is 1.09. The summed E-state index contributed by atoms with van der Waals surface area (Å²) < 4.78 is 28.4. The maximum absolute atomic E-state index is 12.8. The van der Waals surface area contributed by atoms with Crippen LogP contribution in [0.1, 0.15) is 12.0 Å². The molecule has 3 rings (SSSR count). The molecule has 0 bridgehead atoms. The molecule has 0 atom stereocenters. The topological polar surface area (TPSA) is 111 Å². The van der Waals surface area contributed by atoms with Gasteiger partial charge < -0.3 is 0 Å². The largest absolute Gasteiger partial charge is 0.269 e. The van der Waals surface area contributed by atoms with Gasteiger partial charge in [-0.25, -0.2) is 17.4 Å². The third-order valence-electron chi connectivity index (χ3n) is 3.49. The predicted molar refractivity (Wildman–Crippen MR) is 77.0 cm³/mol. The zero-order chi connectivity index (χ0) is 15.9. The van der Waals surface area contributed by atoms with E-state index in [4.69, 9.17) is 0 Å². The summed E-state index contributed by atoms with van der Waals surface area (Å²) in [4.78, 5) is 14.2. The molecular weight excluding hydrogens is 310 g/mol. The van der Waals surface area contributed by atoms with Gasteiger partial charge in [0.1, 0.15) is 6.33 Å². The zero-order valence-electron chi connectivity index (χ0n) is 11.7. The Bertz CT molecular complexity index is 845. The van der Waals surface area contributed by atoms with Crippen LogP contribution in [0.25, 0.3) is 0 Å². The highest BCUT2D eigenvalue weighted by Gasteiger charge is 2.32. The summed E-state index contributed by atoms with van der Waals surface area (Å²) in [5, 5.41) is 14.8. The van der Waals surface area contributed by atoms with E-state index >= 15 is 0 Å². The number of rotatable bonds is 3. The summed E-state index contributed by atoms with van der Waals surface area (Å²) in [5.74, 6) is 0.268. The van der Waals surface area contributed by atoms with Crippen LogP contribution in [0.5, 0.6) is 0 Å². The second kappa shape index (κ2) is 5.05. The van der Waals surface area contributed by atoms with Gasteiger partial charge in [0.15, 0.2) is 0 Å². The monoisotopic (exact) mass is 323 g/mol. The Morgan fingerprint density at radius 3 is 2.77 bits per heavy atom. The summed E-state index contributed by atoms with van der Waals surface area (Å²) in [6.07, 6.45) is 1.94. The normalized spacial score (nSPS) is 14.7. The van der Waals surface area contributed by atoms with E-state index in [1.807, 2.05) is 0 Å². The Labute approximate surface area is 126 Å². The highest BCUT2D eigenvalue weighted by Crippen LogP contribution is 2.28. The van der Waals surface area contributed by atoms with Crippen LogP contribution in [0.4, 0.5) is 11.6 Å². The molecule has 0 amide bonds. The lowest BCUT2D eigenvalue weighted by molar-refractivity contribution is -0.385. The molecule has 1 aromatic carbocycles. The Balaban J connectivity index is 2.07. The highest BCUT2D eigenvalue weighted by atomic mass is 32.2. The quantitative estimate of drug-likeness (QED) is 0.617. The molecule has 2 aromatic rings. The minimum atomic E-state index is -3.83. The molecule has 10 heteroatoms. The summed E-state index contributed by atoms with van der Waals surface area (Å²) in [5.41, 5.74) is 0.184. The van der Waals surface area contributed by atoms with Crippen molar-refractivity contribution in [3.8, 4) is 0 Å². The first-order chi connectivity index (χ1) is 10.4. The number of benzene rings is 1. The molecule has 0 N–H and O–H groups in total. The van der Waals surface area contributed by atoms with Gasteiger partial charge in [-0.3, -0.25) is 10.1 Å². The maximum Gasteiger partial charge on any atom is 0.269 e. The first-order valence-corrected chi connectivity index (χ1v) is 8.01. The number of fused-ring (bicyclic) bond motifs is 1. The summed E-state index contributed by atoms with van der Waals surface area (Å²) >= 11 is 0. The molecule has 1 aliphatic rings. The highest BCUT2D eigenvalue weighted by molar-refractivity contribution is 7.92. The number of aromatic nitrogens is 3. The number of nitro benzene ring substituents is 1. The van der Waals surface area contributed by atoms with E-state index in [1.165, 1.54) is 40.4 Å². The smallest absolute Gasteiger partial charge is 0.258 e. The summed E-state index contributed by atoms with van der Waals surface area (Å²) in [6.45, 7) is 2.45. The second-order valence-electron chi connectivity index (χ2n) is 4.92. The average molecular weight is 323 g/mol. The van der Waals surface area contributed by atoms with Gasteiger partial charge in [-0.1, -0.05) is 0 Å². The van der Waals surface area contributed by atoms with Crippen molar-refractivity contribution in [2.75, 3.05) is 10.8 Å². The van der Waals surface area contributed by atoms with Crippen LogP contribution in [0.2, 0.25) is 0 Å². The Morgan fingerprint density at radius 2 is 2.09 bits per heavy atom. The van der Waals surface area contributed by atoms with Crippen LogP contribution in [-0.4, -0.2) is 34.7 Å². The second-order valence-corrected chi connectivity index (χ2v) is 6.75. The van der Waals surface area contributed by atoms with Crippen molar-refractivity contribution in [2.45, 2.75) is 24.8 Å². The first-order valence-electron chi connectivity index (χ1n) is 6.57. The van der Waals surface area contributed by atoms with Gasteiger partial charge >= 0.3 is 0 Å². The van der Waals surface area contributed by atoms with Crippen LogP contribution in [0.3, 0.4) is 0 Å². The minimum absolute atomic E-state index is 0.0366. The third kappa shape index (κ3) is 2.21. The van der Waals surface area contributed by atoms with Crippen molar-refractivity contribution < 1.29 is 13.3 Å². The van der Waals surface area contributed by atoms with Crippen molar-refractivity contribution in [3.63, 3.8) is 0 Å². The van der Waals surface area contributed by atoms with E-state index in [2.05, 4.69) is 10.1 Å². The van der Waals surface area contributed by atoms with Crippen molar-refractivity contribution in [1.82, 2.24) is 14.8 Å². The van der Waals surface area contributed by atoms with Crippen molar-refractivity contribution in [1.29, 1.82) is 0 Å². The van der Waals surface area contributed by atoms with E-state index in [9.17, 15) is 18.5 Å². The summed E-state index contributed by atoms with van der Waals surface area (Å²) in [6, 6.07) is 3.70. The molecule has 0 fully saturated rings. The lowest BCUT2D eigenvalue weighted by atomic mass is 10.2. The molecule has 2 heterocycles. The van der Waals surface area contributed by atoms with Gasteiger partial charge in [0, 0.05) is 25.2 Å². The van der Waals surface area contributed by atoms with Crippen LogP contribution in [0, 0.1) is 17.0 Å². The van der Waals surface area contributed by atoms with Crippen molar-refractivity contribution >= 4 is 21.7 Å². The number of nitro groups is 1. The fraction of sp³-hybridized carbons (Fsp3) is 0.333. The lowest BCUT2D eigenvalue weighted by Crippen LogP contribution is -2.38. The fourth-order valence-corrected chi connectivity index (χ4v) is 4.13. The van der Waals surface area contributed by atoms with Gasteiger partial charge in [0.2, 0.25) is 5.95 Å². The minimum Gasteiger partial charge on any atom is -0.258 e. The van der Waals surface area contributed by atoms with E-state index < -0.39 is 14.9 Å². The lowest BCUT2D eigenvalue weighted by Gasteiger charge is -2.27. The standard InChI is InChI=1S/C12H13N5O4S/c1-9-7-10(17(18)19)3-4-11(9)22(20,21)16-6-2-5-15-12(16)13-8-14-15/h3-4,7-8H,2,5-6H2,1H3. The third-order valence-corrected chi connectivity index (χ3v) is 5.43. The van der Waals surface area contributed by atoms with E-state index in [0.717, 1.165) is 0 Å².